The molecule has 3 heterocycles. The average Bonchev–Trinajstić information content (AvgIpc) is 2.50. The lowest BCUT2D eigenvalue weighted by Gasteiger charge is -2.38. The Labute approximate surface area is 115 Å². The van der Waals surface area contributed by atoms with Gasteiger partial charge < -0.3 is 10.2 Å². The highest BCUT2D eigenvalue weighted by Crippen LogP contribution is 2.14. The van der Waals surface area contributed by atoms with Crippen LogP contribution in [-0.4, -0.2) is 55.2 Å². The highest BCUT2D eigenvalue weighted by molar-refractivity contribution is 5.38. The lowest BCUT2D eigenvalue weighted by Crippen LogP contribution is -2.51. The molecule has 0 bridgehead atoms. The van der Waals surface area contributed by atoms with Gasteiger partial charge in [-0.25, -0.2) is 4.98 Å². The summed E-state index contributed by atoms with van der Waals surface area (Å²) in [6.45, 7) is 6.95. The van der Waals surface area contributed by atoms with E-state index in [-0.39, 0.29) is 0 Å². The molecule has 0 radical (unpaired) electrons. The van der Waals surface area contributed by atoms with Crippen molar-refractivity contribution in [1.82, 2.24) is 15.2 Å². The van der Waals surface area contributed by atoms with Crippen molar-refractivity contribution in [3.05, 3.63) is 24.4 Å². The number of nitrogens with zero attached hydrogens (tertiary/aromatic N) is 3. The molecule has 19 heavy (non-hydrogen) atoms. The predicted molar refractivity (Wildman–Crippen MR) is 78.5 cm³/mol. The fourth-order valence-corrected chi connectivity index (χ4v) is 3.09. The fourth-order valence-electron chi connectivity index (χ4n) is 3.09. The number of rotatable bonds is 3. The van der Waals surface area contributed by atoms with Gasteiger partial charge in [0.05, 0.1) is 0 Å². The highest BCUT2D eigenvalue weighted by atomic mass is 15.3. The van der Waals surface area contributed by atoms with Crippen molar-refractivity contribution in [2.75, 3.05) is 44.2 Å². The molecular weight excluding hydrogens is 236 g/mol. The van der Waals surface area contributed by atoms with E-state index in [2.05, 4.69) is 32.2 Å². The molecule has 3 rings (SSSR count). The molecule has 2 aliphatic rings. The zero-order chi connectivity index (χ0) is 12.9. The first-order chi connectivity index (χ1) is 9.42. The first-order valence-electron chi connectivity index (χ1n) is 7.53. The minimum Gasteiger partial charge on any atom is -0.354 e. The van der Waals surface area contributed by atoms with Crippen LogP contribution < -0.4 is 10.2 Å². The summed E-state index contributed by atoms with van der Waals surface area (Å²) in [7, 11) is 0. The number of anilines is 1. The van der Waals surface area contributed by atoms with E-state index in [1.165, 1.54) is 32.4 Å². The van der Waals surface area contributed by atoms with Crippen molar-refractivity contribution in [3.8, 4) is 0 Å². The zero-order valence-corrected chi connectivity index (χ0v) is 11.6. The molecule has 1 atom stereocenters. The van der Waals surface area contributed by atoms with Crippen LogP contribution in [0.4, 0.5) is 5.82 Å². The van der Waals surface area contributed by atoms with Crippen LogP contribution in [0.5, 0.6) is 0 Å². The lowest BCUT2D eigenvalue weighted by molar-refractivity contribution is 0.213. The number of pyridine rings is 1. The molecule has 2 aliphatic heterocycles. The van der Waals surface area contributed by atoms with Gasteiger partial charge in [-0.1, -0.05) is 12.5 Å². The molecule has 1 unspecified atom stereocenters. The molecule has 0 aliphatic carbocycles. The number of nitrogens with one attached hydrogen (secondary N) is 1. The minimum absolute atomic E-state index is 0.718. The number of hydrogen-bond acceptors (Lipinski definition) is 4. The van der Waals surface area contributed by atoms with E-state index in [1.54, 1.807) is 0 Å². The number of hydrogen-bond donors (Lipinski definition) is 1. The first-order valence-corrected chi connectivity index (χ1v) is 7.53. The molecule has 0 saturated carbocycles. The molecule has 2 saturated heterocycles. The molecule has 2 fully saturated rings. The normalized spacial score (nSPS) is 25.5. The van der Waals surface area contributed by atoms with Gasteiger partial charge in [-0.2, -0.15) is 0 Å². The van der Waals surface area contributed by atoms with Crippen molar-refractivity contribution in [2.45, 2.75) is 25.3 Å². The van der Waals surface area contributed by atoms with Crippen LogP contribution in [0.25, 0.3) is 0 Å². The van der Waals surface area contributed by atoms with E-state index in [0.717, 1.165) is 38.0 Å². The van der Waals surface area contributed by atoms with Gasteiger partial charge in [0, 0.05) is 45.0 Å². The number of piperidine rings is 1. The Balaban J connectivity index is 1.46. The van der Waals surface area contributed by atoms with Crippen LogP contribution in [-0.2, 0) is 0 Å². The van der Waals surface area contributed by atoms with E-state index in [0.29, 0.717) is 0 Å². The van der Waals surface area contributed by atoms with Crippen LogP contribution in [0.15, 0.2) is 24.4 Å². The number of aromatic nitrogens is 1. The Morgan fingerprint density at radius 2 is 2.05 bits per heavy atom. The zero-order valence-electron chi connectivity index (χ0n) is 11.6. The van der Waals surface area contributed by atoms with Crippen LogP contribution in [0, 0.1) is 0 Å². The minimum atomic E-state index is 0.718. The highest BCUT2D eigenvalue weighted by Gasteiger charge is 2.21. The molecule has 1 N–H and O–H groups in total. The SMILES string of the molecule is c1ccc(N2CCN(CC3CCCCN3)CC2)nc1. The van der Waals surface area contributed by atoms with Gasteiger partial charge in [0.1, 0.15) is 5.82 Å². The summed E-state index contributed by atoms with van der Waals surface area (Å²) in [4.78, 5) is 9.43. The molecule has 1 aromatic heterocycles. The lowest BCUT2D eigenvalue weighted by atomic mass is 10.0. The molecule has 4 nitrogen and oxygen atoms in total. The van der Waals surface area contributed by atoms with E-state index in [9.17, 15) is 0 Å². The maximum Gasteiger partial charge on any atom is 0.128 e. The second-order valence-electron chi connectivity index (χ2n) is 5.62. The largest absolute Gasteiger partial charge is 0.354 e. The Hall–Kier alpha value is -1.13. The molecule has 104 valence electrons. The van der Waals surface area contributed by atoms with Gasteiger partial charge in [0.15, 0.2) is 0 Å². The second-order valence-corrected chi connectivity index (χ2v) is 5.62. The van der Waals surface area contributed by atoms with Gasteiger partial charge >= 0.3 is 0 Å². The third-order valence-electron chi connectivity index (χ3n) is 4.24. The van der Waals surface area contributed by atoms with Crippen molar-refractivity contribution in [3.63, 3.8) is 0 Å². The Kier molecular flexibility index (Phi) is 4.30. The molecule has 0 spiro atoms. The second kappa shape index (κ2) is 6.35. The Morgan fingerprint density at radius 1 is 1.16 bits per heavy atom. The first kappa shape index (κ1) is 12.9. The molecule has 4 heteroatoms. The summed E-state index contributed by atoms with van der Waals surface area (Å²) in [6.07, 6.45) is 5.98. The summed E-state index contributed by atoms with van der Waals surface area (Å²) in [6, 6.07) is 6.88. The summed E-state index contributed by atoms with van der Waals surface area (Å²) < 4.78 is 0. The third-order valence-corrected chi connectivity index (χ3v) is 4.24. The van der Waals surface area contributed by atoms with E-state index in [1.807, 2.05) is 12.3 Å². The molecule has 1 aromatic rings. The maximum atomic E-state index is 4.44. The average molecular weight is 260 g/mol. The molecular formula is C15H24N4. The van der Waals surface area contributed by atoms with Crippen molar-refractivity contribution in [2.24, 2.45) is 0 Å². The van der Waals surface area contributed by atoms with Crippen LogP contribution in [0.1, 0.15) is 19.3 Å². The van der Waals surface area contributed by atoms with Gasteiger partial charge in [0.25, 0.3) is 0 Å². The van der Waals surface area contributed by atoms with Crippen molar-refractivity contribution >= 4 is 5.82 Å². The topological polar surface area (TPSA) is 31.4 Å². The predicted octanol–water partition coefficient (Wildman–Crippen LogP) is 1.35. The molecule has 0 amide bonds. The number of piperazine rings is 1. The monoisotopic (exact) mass is 260 g/mol. The Morgan fingerprint density at radius 3 is 2.74 bits per heavy atom. The Bertz CT molecular complexity index is 367. The summed E-state index contributed by atoms with van der Waals surface area (Å²) in [5.41, 5.74) is 0. The smallest absolute Gasteiger partial charge is 0.128 e. The van der Waals surface area contributed by atoms with Gasteiger partial charge in [-0.05, 0) is 31.5 Å². The maximum absolute atomic E-state index is 4.44. The summed E-state index contributed by atoms with van der Waals surface area (Å²) in [5.74, 6) is 1.12. The van der Waals surface area contributed by atoms with Crippen LogP contribution in [0.2, 0.25) is 0 Å². The molecule has 0 aromatic carbocycles. The van der Waals surface area contributed by atoms with Gasteiger partial charge in [-0.3, -0.25) is 4.90 Å². The quantitative estimate of drug-likeness (QED) is 0.889. The van der Waals surface area contributed by atoms with Crippen LogP contribution >= 0.6 is 0 Å². The summed E-state index contributed by atoms with van der Waals surface area (Å²) >= 11 is 0. The fraction of sp³-hybridized carbons (Fsp3) is 0.667. The summed E-state index contributed by atoms with van der Waals surface area (Å²) in [5, 5.41) is 3.64. The van der Waals surface area contributed by atoms with E-state index >= 15 is 0 Å². The third kappa shape index (κ3) is 3.45. The standard InChI is InChI=1S/C15H24N4/c1-3-7-16-14(5-1)13-18-9-11-19(12-10-18)15-6-2-4-8-17-15/h2,4,6,8,14,16H,1,3,5,7,9-13H2. The van der Waals surface area contributed by atoms with E-state index < -0.39 is 0 Å². The van der Waals surface area contributed by atoms with E-state index in [4.69, 9.17) is 0 Å². The van der Waals surface area contributed by atoms with Gasteiger partial charge in [0.2, 0.25) is 0 Å². The van der Waals surface area contributed by atoms with Gasteiger partial charge in [-0.15, -0.1) is 0 Å². The van der Waals surface area contributed by atoms with Crippen molar-refractivity contribution < 1.29 is 0 Å². The van der Waals surface area contributed by atoms with Crippen LogP contribution in [0.3, 0.4) is 0 Å². The van der Waals surface area contributed by atoms with Crippen molar-refractivity contribution in [1.29, 1.82) is 0 Å².